The molecule has 0 fully saturated rings. The monoisotopic (exact) mass is 454 g/mol. The fourth-order valence-corrected chi connectivity index (χ4v) is 3.81. The number of nitrogens with zero attached hydrogens (tertiary/aromatic N) is 4. The number of rotatable bonds is 5. The lowest BCUT2D eigenvalue weighted by Crippen LogP contribution is -2.28. The highest BCUT2D eigenvalue weighted by atomic mass is 16.5. The molecule has 5 rings (SSSR count). The molecule has 2 N–H and O–H groups in total. The summed E-state index contributed by atoms with van der Waals surface area (Å²) in [5.41, 5.74) is 3.71. The number of fused-ring (bicyclic) bond motifs is 1. The van der Waals surface area contributed by atoms with Gasteiger partial charge in [0.25, 0.3) is 11.5 Å². The average Bonchev–Trinajstić information content (AvgIpc) is 3.48. The van der Waals surface area contributed by atoms with Gasteiger partial charge in [-0.2, -0.15) is 10.2 Å². The van der Waals surface area contributed by atoms with E-state index in [1.807, 2.05) is 23.9 Å². The van der Waals surface area contributed by atoms with Gasteiger partial charge < -0.3 is 14.6 Å². The maximum atomic E-state index is 12.7. The number of benzene rings is 2. The zero-order chi connectivity index (χ0) is 23.8. The van der Waals surface area contributed by atoms with E-state index in [2.05, 4.69) is 20.6 Å². The zero-order valence-electron chi connectivity index (χ0n) is 18.9. The Balaban J connectivity index is 1.41. The molecule has 3 heterocycles. The average molecular weight is 454 g/mol. The summed E-state index contributed by atoms with van der Waals surface area (Å²) in [5, 5.41) is 14.9. The van der Waals surface area contributed by atoms with Crippen LogP contribution in [0.4, 0.5) is 5.69 Å². The number of nitrogens with one attached hydrogen (secondary N) is 2. The van der Waals surface area contributed by atoms with E-state index in [-0.39, 0.29) is 11.1 Å². The van der Waals surface area contributed by atoms with Gasteiger partial charge in [0.15, 0.2) is 0 Å². The first kappa shape index (κ1) is 21.2. The lowest BCUT2D eigenvalue weighted by Gasteiger charge is -2.12. The molecule has 5 aromatic rings. The summed E-state index contributed by atoms with van der Waals surface area (Å²) in [6.45, 7) is 1.74. The van der Waals surface area contributed by atoms with Gasteiger partial charge in [0, 0.05) is 48.7 Å². The van der Waals surface area contributed by atoms with Crippen molar-refractivity contribution in [2.45, 2.75) is 6.92 Å². The summed E-state index contributed by atoms with van der Waals surface area (Å²) in [5.74, 6) is 0.802. The first-order valence-corrected chi connectivity index (χ1v) is 10.6. The van der Waals surface area contributed by atoms with Gasteiger partial charge in [-0.25, -0.2) is 0 Å². The summed E-state index contributed by atoms with van der Waals surface area (Å²) >= 11 is 0. The standard InChI is InChI=1S/C25H22N6O3/c1-15-8-9-30(2)25(33)23(15)24(32)29-18-4-6-19(7-5-18)34-22-10-16-14-28-31(3)21(16)11-20(22)17-12-26-27-13-17/h4-14H,1-3H3,(H,26,27)(H,29,32). The third-order valence-electron chi connectivity index (χ3n) is 5.70. The van der Waals surface area contributed by atoms with Crippen LogP contribution in [-0.2, 0) is 14.1 Å². The number of aromatic nitrogens is 5. The number of pyridine rings is 1. The molecule has 0 saturated carbocycles. The molecule has 0 aliphatic rings. The Hall–Kier alpha value is -4.66. The molecular weight excluding hydrogens is 432 g/mol. The van der Waals surface area contributed by atoms with E-state index in [1.165, 1.54) is 4.57 Å². The molecule has 0 unspecified atom stereocenters. The predicted octanol–water partition coefficient (Wildman–Crippen LogP) is 4.02. The molecule has 3 aromatic heterocycles. The molecule has 1 amide bonds. The highest BCUT2D eigenvalue weighted by Crippen LogP contribution is 2.36. The second-order valence-corrected chi connectivity index (χ2v) is 8.03. The number of ether oxygens (including phenoxy) is 1. The highest BCUT2D eigenvalue weighted by Gasteiger charge is 2.16. The minimum atomic E-state index is -0.448. The second kappa shape index (κ2) is 8.36. The van der Waals surface area contributed by atoms with Crippen molar-refractivity contribution in [2.24, 2.45) is 14.1 Å². The fourth-order valence-electron chi connectivity index (χ4n) is 3.81. The maximum Gasteiger partial charge on any atom is 0.263 e. The Bertz CT molecular complexity index is 1560. The van der Waals surface area contributed by atoms with Crippen LogP contribution in [0.25, 0.3) is 22.0 Å². The molecule has 0 aliphatic carbocycles. The van der Waals surface area contributed by atoms with E-state index >= 15 is 0 Å². The van der Waals surface area contributed by atoms with Crippen molar-refractivity contribution in [1.29, 1.82) is 0 Å². The van der Waals surface area contributed by atoms with Crippen molar-refractivity contribution in [1.82, 2.24) is 24.5 Å². The summed E-state index contributed by atoms with van der Waals surface area (Å²) < 4.78 is 9.40. The molecule has 2 aromatic carbocycles. The summed E-state index contributed by atoms with van der Waals surface area (Å²) in [7, 11) is 3.51. The molecule has 0 spiro atoms. The minimum absolute atomic E-state index is 0.125. The second-order valence-electron chi connectivity index (χ2n) is 8.03. The number of carbonyl (C=O) groups excluding carboxylic acids is 1. The fraction of sp³-hybridized carbons (Fsp3) is 0.120. The van der Waals surface area contributed by atoms with Gasteiger partial charge in [-0.15, -0.1) is 0 Å². The summed E-state index contributed by atoms with van der Waals surface area (Å²) in [6, 6.07) is 12.7. The van der Waals surface area contributed by atoms with Crippen LogP contribution in [0.2, 0.25) is 0 Å². The quantitative estimate of drug-likeness (QED) is 0.417. The smallest absolute Gasteiger partial charge is 0.263 e. The molecule has 0 saturated heterocycles. The van der Waals surface area contributed by atoms with Crippen LogP contribution in [0.5, 0.6) is 11.5 Å². The lowest BCUT2D eigenvalue weighted by atomic mass is 10.1. The van der Waals surface area contributed by atoms with Crippen molar-refractivity contribution in [3.63, 3.8) is 0 Å². The largest absolute Gasteiger partial charge is 0.457 e. The Morgan fingerprint density at radius 2 is 1.88 bits per heavy atom. The van der Waals surface area contributed by atoms with Crippen LogP contribution < -0.4 is 15.6 Å². The minimum Gasteiger partial charge on any atom is -0.457 e. The predicted molar refractivity (Wildman–Crippen MR) is 129 cm³/mol. The number of amides is 1. The van der Waals surface area contributed by atoms with Crippen LogP contribution in [0, 0.1) is 6.92 Å². The number of aromatic amines is 1. The molecule has 0 bridgehead atoms. The number of H-pyrrole nitrogens is 1. The molecule has 9 nitrogen and oxygen atoms in total. The molecule has 0 aliphatic heterocycles. The third kappa shape index (κ3) is 3.83. The van der Waals surface area contributed by atoms with E-state index < -0.39 is 5.91 Å². The van der Waals surface area contributed by atoms with Gasteiger partial charge >= 0.3 is 0 Å². The Morgan fingerprint density at radius 1 is 1.09 bits per heavy atom. The van der Waals surface area contributed by atoms with Gasteiger partial charge in [0.05, 0.1) is 17.9 Å². The Labute approximate surface area is 194 Å². The molecular formula is C25H22N6O3. The number of hydrogen-bond donors (Lipinski definition) is 2. The van der Waals surface area contributed by atoms with Gasteiger partial charge in [-0.05, 0) is 55.0 Å². The highest BCUT2D eigenvalue weighted by molar-refractivity contribution is 6.05. The van der Waals surface area contributed by atoms with Crippen LogP contribution in [0.3, 0.4) is 0 Å². The van der Waals surface area contributed by atoms with Crippen molar-refractivity contribution >= 4 is 22.5 Å². The maximum absolute atomic E-state index is 12.7. The van der Waals surface area contributed by atoms with Crippen molar-refractivity contribution in [3.8, 4) is 22.6 Å². The molecule has 170 valence electrons. The molecule has 0 atom stereocenters. The number of hydrogen-bond acceptors (Lipinski definition) is 5. The van der Waals surface area contributed by atoms with Crippen molar-refractivity contribution in [2.75, 3.05) is 5.32 Å². The van der Waals surface area contributed by atoms with Crippen molar-refractivity contribution in [3.05, 3.63) is 88.7 Å². The van der Waals surface area contributed by atoms with Gasteiger partial charge in [-0.1, -0.05) is 0 Å². The van der Waals surface area contributed by atoms with E-state index in [9.17, 15) is 9.59 Å². The SMILES string of the molecule is Cc1ccn(C)c(=O)c1C(=O)Nc1ccc(Oc2cc3cnn(C)c3cc2-c2cn[nH]c2)cc1. The topological polar surface area (TPSA) is 107 Å². The number of carbonyl (C=O) groups is 1. The van der Waals surface area contributed by atoms with E-state index in [4.69, 9.17) is 4.74 Å². The van der Waals surface area contributed by atoms with Crippen LogP contribution >= 0.6 is 0 Å². The van der Waals surface area contributed by atoms with E-state index in [0.717, 1.165) is 22.0 Å². The van der Waals surface area contributed by atoms with Crippen LogP contribution in [0.15, 0.2) is 72.0 Å². The summed E-state index contributed by atoms with van der Waals surface area (Å²) in [6.07, 6.45) is 6.97. The van der Waals surface area contributed by atoms with Crippen LogP contribution in [0.1, 0.15) is 15.9 Å². The first-order valence-electron chi connectivity index (χ1n) is 10.6. The van der Waals surface area contributed by atoms with E-state index in [0.29, 0.717) is 22.7 Å². The van der Waals surface area contributed by atoms with Gasteiger partial charge in [-0.3, -0.25) is 19.4 Å². The summed E-state index contributed by atoms with van der Waals surface area (Å²) in [4.78, 5) is 25.1. The van der Waals surface area contributed by atoms with Gasteiger partial charge in [0.1, 0.15) is 17.1 Å². The van der Waals surface area contributed by atoms with Crippen molar-refractivity contribution < 1.29 is 9.53 Å². The van der Waals surface area contributed by atoms with Gasteiger partial charge in [0.2, 0.25) is 0 Å². The first-order chi connectivity index (χ1) is 16.4. The normalized spacial score (nSPS) is 11.0. The molecule has 0 radical (unpaired) electrons. The van der Waals surface area contributed by atoms with Crippen LogP contribution in [-0.4, -0.2) is 30.5 Å². The zero-order valence-corrected chi connectivity index (χ0v) is 18.9. The molecule has 9 heteroatoms. The number of anilines is 1. The molecule has 34 heavy (non-hydrogen) atoms. The Morgan fingerprint density at radius 3 is 2.62 bits per heavy atom. The lowest BCUT2D eigenvalue weighted by molar-refractivity contribution is 0.102. The Kier molecular flexibility index (Phi) is 5.21. The van der Waals surface area contributed by atoms with E-state index in [1.54, 1.807) is 69.1 Å². The number of aryl methyl sites for hydroxylation is 3. The third-order valence-corrected chi connectivity index (χ3v) is 5.70.